The molecule has 0 spiro atoms. The molecule has 0 radical (unpaired) electrons. The molecule has 1 heterocycles. The molecular weight excluding hydrogens is 216 g/mol. The Morgan fingerprint density at radius 2 is 2.12 bits per heavy atom. The number of likely N-dealkylation sites (tertiary alicyclic amines) is 1. The van der Waals surface area contributed by atoms with Crippen LogP contribution in [0.2, 0.25) is 0 Å². The Bertz CT molecular complexity index is 323. The number of carbonyl (C=O) groups excluding carboxylic acids is 2. The van der Waals surface area contributed by atoms with Gasteiger partial charge in [-0.05, 0) is 32.6 Å². The number of carbonyl (C=O) groups is 2. The van der Waals surface area contributed by atoms with E-state index in [0.717, 1.165) is 37.8 Å². The molecule has 0 saturated carbocycles. The van der Waals surface area contributed by atoms with Crippen LogP contribution < -0.4 is 5.73 Å². The molecule has 0 aliphatic carbocycles. The van der Waals surface area contributed by atoms with E-state index in [1.165, 1.54) is 0 Å². The topological polar surface area (TPSA) is 63.4 Å². The molecule has 1 saturated heterocycles. The van der Waals surface area contributed by atoms with Gasteiger partial charge in [-0.25, -0.2) is 0 Å². The van der Waals surface area contributed by atoms with Crippen LogP contribution in [0.15, 0.2) is 11.6 Å². The summed E-state index contributed by atoms with van der Waals surface area (Å²) >= 11 is 0. The fourth-order valence-electron chi connectivity index (χ4n) is 2.33. The van der Waals surface area contributed by atoms with Crippen molar-refractivity contribution >= 4 is 11.8 Å². The molecule has 0 aromatic carbocycles. The van der Waals surface area contributed by atoms with Crippen molar-refractivity contribution in [2.24, 2.45) is 5.73 Å². The second kappa shape index (κ2) is 6.42. The summed E-state index contributed by atoms with van der Waals surface area (Å²) in [5.74, 6) is -0.273. The maximum Gasteiger partial charge on any atom is 0.249 e. The molecule has 1 rings (SSSR count). The summed E-state index contributed by atoms with van der Waals surface area (Å²) in [4.78, 5) is 25.0. The number of allylic oxidation sites excluding steroid dienone is 1. The molecule has 1 fully saturated rings. The minimum Gasteiger partial charge on any atom is -0.370 e. The Morgan fingerprint density at radius 3 is 2.71 bits per heavy atom. The van der Waals surface area contributed by atoms with E-state index in [1.54, 1.807) is 0 Å². The normalized spacial score (nSPS) is 21.4. The van der Waals surface area contributed by atoms with Gasteiger partial charge >= 0.3 is 0 Å². The number of primary amides is 1. The number of piperidine rings is 1. The summed E-state index contributed by atoms with van der Waals surface area (Å²) in [5, 5.41) is 0. The molecule has 2 amide bonds. The lowest BCUT2D eigenvalue weighted by Crippen LogP contribution is -2.45. The zero-order valence-corrected chi connectivity index (χ0v) is 10.7. The molecular formula is C13H22N2O2. The smallest absolute Gasteiger partial charge is 0.249 e. The summed E-state index contributed by atoms with van der Waals surface area (Å²) < 4.78 is 0. The summed E-state index contributed by atoms with van der Waals surface area (Å²) in [5.41, 5.74) is 6.00. The first-order valence-corrected chi connectivity index (χ1v) is 6.32. The monoisotopic (exact) mass is 238 g/mol. The van der Waals surface area contributed by atoms with Crippen LogP contribution in [0, 0.1) is 0 Å². The molecule has 1 aliphatic heterocycles. The van der Waals surface area contributed by atoms with E-state index >= 15 is 0 Å². The van der Waals surface area contributed by atoms with E-state index in [2.05, 4.69) is 0 Å². The third kappa shape index (κ3) is 3.88. The van der Waals surface area contributed by atoms with Gasteiger partial charge in [0.2, 0.25) is 11.8 Å². The summed E-state index contributed by atoms with van der Waals surface area (Å²) in [6.07, 6.45) is 6.03. The van der Waals surface area contributed by atoms with Gasteiger partial charge in [-0.15, -0.1) is 0 Å². The summed E-state index contributed by atoms with van der Waals surface area (Å²) in [7, 11) is 0. The minimum atomic E-state index is -0.327. The van der Waals surface area contributed by atoms with E-state index in [1.807, 2.05) is 24.8 Å². The first-order chi connectivity index (χ1) is 8.06. The average Bonchev–Trinajstić information content (AvgIpc) is 2.28. The minimum absolute atomic E-state index is 0.00560. The van der Waals surface area contributed by atoms with Crippen molar-refractivity contribution in [2.45, 2.75) is 52.0 Å². The van der Waals surface area contributed by atoms with Crippen LogP contribution in [0.3, 0.4) is 0 Å². The zero-order valence-electron chi connectivity index (χ0n) is 10.7. The first kappa shape index (κ1) is 13.7. The number of hydrogen-bond acceptors (Lipinski definition) is 2. The van der Waals surface area contributed by atoms with Gasteiger partial charge in [-0.1, -0.05) is 13.0 Å². The molecule has 0 unspecified atom stereocenters. The second-order valence-electron chi connectivity index (χ2n) is 4.61. The van der Waals surface area contributed by atoms with Crippen molar-refractivity contribution in [1.29, 1.82) is 0 Å². The number of hydrogen-bond donors (Lipinski definition) is 1. The molecule has 0 bridgehead atoms. The third-order valence-corrected chi connectivity index (χ3v) is 3.17. The molecule has 96 valence electrons. The van der Waals surface area contributed by atoms with Crippen LogP contribution in [0.1, 0.15) is 46.0 Å². The lowest BCUT2D eigenvalue weighted by molar-refractivity contribution is -0.132. The van der Waals surface area contributed by atoms with Crippen LogP contribution in [-0.2, 0) is 9.59 Å². The highest BCUT2D eigenvalue weighted by molar-refractivity contribution is 5.93. The van der Waals surface area contributed by atoms with Gasteiger partial charge in [0.1, 0.15) is 0 Å². The zero-order chi connectivity index (χ0) is 12.8. The molecule has 17 heavy (non-hydrogen) atoms. The fraction of sp³-hybridized carbons (Fsp3) is 0.692. The quantitative estimate of drug-likeness (QED) is 0.756. The van der Waals surface area contributed by atoms with Gasteiger partial charge < -0.3 is 10.6 Å². The van der Waals surface area contributed by atoms with Gasteiger partial charge in [0.15, 0.2) is 0 Å². The Labute approximate surface area is 103 Å². The second-order valence-corrected chi connectivity index (χ2v) is 4.61. The van der Waals surface area contributed by atoms with Crippen LogP contribution >= 0.6 is 0 Å². The molecule has 4 nitrogen and oxygen atoms in total. The van der Waals surface area contributed by atoms with Crippen LogP contribution in [0.4, 0.5) is 0 Å². The standard InChI is InChI=1S/C13H22N2O2/c1-3-6-10(2)13(17)15-8-5-4-7-11(15)9-12(14)16/h6,11H,3-5,7-9H2,1-2H3,(H2,14,16)/b10-6-/t11-/m0/s1. The van der Waals surface area contributed by atoms with Crippen LogP contribution in [0.25, 0.3) is 0 Å². The van der Waals surface area contributed by atoms with Gasteiger partial charge in [0.25, 0.3) is 0 Å². The highest BCUT2D eigenvalue weighted by Crippen LogP contribution is 2.21. The highest BCUT2D eigenvalue weighted by atomic mass is 16.2. The Balaban J connectivity index is 2.73. The Hall–Kier alpha value is -1.32. The van der Waals surface area contributed by atoms with Crippen molar-refractivity contribution < 1.29 is 9.59 Å². The van der Waals surface area contributed by atoms with Crippen molar-refractivity contribution in [3.05, 3.63) is 11.6 Å². The van der Waals surface area contributed by atoms with Crippen LogP contribution in [0.5, 0.6) is 0 Å². The van der Waals surface area contributed by atoms with Crippen molar-refractivity contribution in [3.8, 4) is 0 Å². The molecule has 0 aromatic heterocycles. The van der Waals surface area contributed by atoms with Gasteiger partial charge in [0.05, 0.1) is 0 Å². The predicted molar refractivity (Wildman–Crippen MR) is 67.2 cm³/mol. The van der Waals surface area contributed by atoms with E-state index in [-0.39, 0.29) is 24.3 Å². The van der Waals surface area contributed by atoms with Crippen LogP contribution in [-0.4, -0.2) is 29.3 Å². The molecule has 1 atom stereocenters. The van der Waals surface area contributed by atoms with Gasteiger partial charge in [-0.2, -0.15) is 0 Å². The van der Waals surface area contributed by atoms with E-state index in [4.69, 9.17) is 5.73 Å². The van der Waals surface area contributed by atoms with Crippen molar-refractivity contribution in [2.75, 3.05) is 6.54 Å². The van der Waals surface area contributed by atoms with E-state index in [0.29, 0.717) is 0 Å². The summed E-state index contributed by atoms with van der Waals surface area (Å²) in [6.45, 7) is 4.58. The van der Waals surface area contributed by atoms with Gasteiger partial charge in [-0.3, -0.25) is 9.59 Å². The molecule has 0 aromatic rings. The maximum atomic E-state index is 12.2. The maximum absolute atomic E-state index is 12.2. The number of amides is 2. The lowest BCUT2D eigenvalue weighted by Gasteiger charge is -2.35. The summed E-state index contributed by atoms with van der Waals surface area (Å²) in [6, 6.07) is -0.00560. The lowest BCUT2D eigenvalue weighted by atomic mass is 9.98. The predicted octanol–water partition coefficient (Wildman–Crippen LogP) is 1.60. The fourth-order valence-corrected chi connectivity index (χ4v) is 2.33. The Morgan fingerprint density at radius 1 is 1.41 bits per heavy atom. The van der Waals surface area contributed by atoms with Gasteiger partial charge in [0, 0.05) is 24.6 Å². The highest BCUT2D eigenvalue weighted by Gasteiger charge is 2.28. The number of rotatable bonds is 4. The molecule has 4 heteroatoms. The first-order valence-electron chi connectivity index (χ1n) is 6.32. The number of nitrogens with zero attached hydrogens (tertiary/aromatic N) is 1. The average molecular weight is 238 g/mol. The van der Waals surface area contributed by atoms with E-state index in [9.17, 15) is 9.59 Å². The largest absolute Gasteiger partial charge is 0.370 e. The van der Waals surface area contributed by atoms with Crippen molar-refractivity contribution in [3.63, 3.8) is 0 Å². The van der Waals surface area contributed by atoms with Crippen molar-refractivity contribution in [1.82, 2.24) is 4.90 Å². The number of nitrogens with two attached hydrogens (primary N) is 1. The third-order valence-electron chi connectivity index (χ3n) is 3.17. The SMILES string of the molecule is CC/C=C(/C)C(=O)N1CCCC[C@H]1CC(N)=O. The molecule has 1 aliphatic rings. The van der Waals surface area contributed by atoms with E-state index < -0.39 is 0 Å². The molecule has 2 N–H and O–H groups in total. The Kier molecular flexibility index (Phi) is 5.19.